The maximum atomic E-state index is 4.89. The topological polar surface area (TPSA) is 40.5 Å². The molecule has 3 rings (SSSR count). The number of nitrogens with zero attached hydrogens (tertiary/aromatic N) is 3. The van der Waals surface area contributed by atoms with Crippen molar-refractivity contribution in [2.24, 2.45) is 4.99 Å². The highest BCUT2D eigenvalue weighted by Crippen LogP contribution is 2.42. The van der Waals surface area contributed by atoms with E-state index in [1.165, 1.54) is 37.9 Å². The predicted octanol–water partition coefficient (Wildman–Crippen LogP) is 3.34. The molecular formula is C19H30N4S. The van der Waals surface area contributed by atoms with Crippen molar-refractivity contribution < 1.29 is 0 Å². The Balaban J connectivity index is 1.62. The Morgan fingerprint density at radius 2 is 2.21 bits per heavy atom. The zero-order chi connectivity index (χ0) is 16.7. The zero-order valence-electron chi connectivity index (χ0n) is 14.8. The Kier molecular flexibility index (Phi) is 6.41. The molecule has 132 valence electrons. The van der Waals surface area contributed by atoms with E-state index in [4.69, 9.17) is 4.99 Å². The Labute approximate surface area is 150 Å². The van der Waals surface area contributed by atoms with Gasteiger partial charge in [0.25, 0.3) is 0 Å². The lowest BCUT2D eigenvalue weighted by Gasteiger charge is -2.45. The van der Waals surface area contributed by atoms with E-state index in [0.29, 0.717) is 4.75 Å². The van der Waals surface area contributed by atoms with Crippen molar-refractivity contribution in [3.05, 3.63) is 30.1 Å². The van der Waals surface area contributed by atoms with Crippen LogP contribution in [0.25, 0.3) is 0 Å². The minimum atomic E-state index is 0.480. The van der Waals surface area contributed by atoms with Gasteiger partial charge in [0.1, 0.15) is 0 Å². The molecule has 5 heteroatoms. The first kappa shape index (κ1) is 17.6. The minimum Gasteiger partial charge on any atom is -0.357 e. The maximum Gasteiger partial charge on any atom is 0.193 e. The van der Waals surface area contributed by atoms with E-state index in [-0.39, 0.29) is 0 Å². The lowest BCUT2D eigenvalue weighted by molar-refractivity contribution is 0.293. The SMILES string of the molecule is CCNC(=NCCc1ccccn1)N1CCSC2(CCCCC2)C1. The van der Waals surface area contributed by atoms with Crippen LogP contribution in [-0.4, -0.2) is 52.5 Å². The summed E-state index contributed by atoms with van der Waals surface area (Å²) < 4.78 is 0.480. The molecule has 1 N–H and O–H groups in total. The normalized spacial score (nSPS) is 21.0. The molecular weight excluding hydrogens is 316 g/mol. The van der Waals surface area contributed by atoms with Crippen LogP contribution in [0.15, 0.2) is 29.4 Å². The zero-order valence-corrected chi connectivity index (χ0v) is 15.7. The smallest absolute Gasteiger partial charge is 0.193 e. The summed E-state index contributed by atoms with van der Waals surface area (Å²) in [5.74, 6) is 2.32. The molecule has 1 aliphatic carbocycles. The van der Waals surface area contributed by atoms with Gasteiger partial charge >= 0.3 is 0 Å². The Morgan fingerprint density at radius 3 is 2.96 bits per heavy atom. The van der Waals surface area contributed by atoms with E-state index in [0.717, 1.165) is 44.3 Å². The Hall–Kier alpha value is -1.23. The largest absolute Gasteiger partial charge is 0.357 e. The number of hydrogen-bond acceptors (Lipinski definition) is 3. The Bertz CT molecular complexity index is 520. The highest BCUT2D eigenvalue weighted by molar-refractivity contribution is 8.00. The molecule has 0 amide bonds. The van der Waals surface area contributed by atoms with Crippen molar-refractivity contribution in [3.8, 4) is 0 Å². The molecule has 1 aliphatic heterocycles. The maximum absolute atomic E-state index is 4.89. The third kappa shape index (κ3) is 4.65. The number of aliphatic imine (C=N–C) groups is 1. The molecule has 0 bridgehead atoms. The summed E-state index contributed by atoms with van der Waals surface area (Å²) in [4.78, 5) is 11.8. The number of nitrogens with one attached hydrogen (secondary N) is 1. The summed E-state index contributed by atoms with van der Waals surface area (Å²) in [6.45, 7) is 6.16. The van der Waals surface area contributed by atoms with Gasteiger partial charge in [-0.3, -0.25) is 9.98 Å². The minimum absolute atomic E-state index is 0.480. The highest BCUT2D eigenvalue weighted by atomic mass is 32.2. The molecule has 1 saturated carbocycles. The average Bonchev–Trinajstić information content (AvgIpc) is 2.63. The monoisotopic (exact) mass is 346 g/mol. The van der Waals surface area contributed by atoms with Crippen molar-refractivity contribution in [3.63, 3.8) is 0 Å². The summed E-state index contributed by atoms with van der Waals surface area (Å²) in [7, 11) is 0. The summed E-state index contributed by atoms with van der Waals surface area (Å²) in [5.41, 5.74) is 1.12. The fraction of sp³-hybridized carbons (Fsp3) is 0.684. The number of aromatic nitrogens is 1. The molecule has 2 fully saturated rings. The van der Waals surface area contributed by atoms with Crippen LogP contribution in [0.3, 0.4) is 0 Å². The van der Waals surface area contributed by atoms with E-state index < -0.39 is 0 Å². The molecule has 1 aromatic heterocycles. The second-order valence-electron chi connectivity index (χ2n) is 6.82. The van der Waals surface area contributed by atoms with Crippen LogP contribution >= 0.6 is 11.8 Å². The third-order valence-corrected chi connectivity index (χ3v) is 6.54. The van der Waals surface area contributed by atoms with Gasteiger partial charge in [0.2, 0.25) is 0 Å². The Morgan fingerprint density at radius 1 is 1.33 bits per heavy atom. The fourth-order valence-corrected chi connectivity index (χ4v) is 5.34. The number of hydrogen-bond donors (Lipinski definition) is 1. The first-order valence-electron chi connectivity index (χ1n) is 9.38. The summed E-state index contributed by atoms with van der Waals surface area (Å²) in [5, 5.41) is 3.51. The molecule has 4 nitrogen and oxygen atoms in total. The van der Waals surface area contributed by atoms with Crippen molar-refractivity contribution in [1.82, 2.24) is 15.2 Å². The molecule has 1 spiro atoms. The molecule has 0 unspecified atom stereocenters. The third-order valence-electron chi connectivity index (χ3n) is 5.00. The van der Waals surface area contributed by atoms with Crippen LogP contribution in [0.2, 0.25) is 0 Å². The van der Waals surface area contributed by atoms with Crippen molar-refractivity contribution in [2.75, 3.05) is 31.9 Å². The van der Waals surface area contributed by atoms with Gasteiger partial charge in [0.05, 0.1) is 0 Å². The van der Waals surface area contributed by atoms with Crippen LogP contribution in [0.5, 0.6) is 0 Å². The molecule has 1 saturated heterocycles. The number of rotatable bonds is 4. The van der Waals surface area contributed by atoms with Crippen molar-refractivity contribution in [1.29, 1.82) is 0 Å². The summed E-state index contributed by atoms with van der Waals surface area (Å²) in [6, 6.07) is 6.09. The quantitative estimate of drug-likeness (QED) is 0.670. The molecule has 0 aromatic carbocycles. The first-order chi connectivity index (χ1) is 11.8. The van der Waals surface area contributed by atoms with Gasteiger partial charge < -0.3 is 10.2 Å². The van der Waals surface area contributed by atoms with Crippen molar-refractivity contribution >= 4 is 17.7 Å². The molecule has 0 radical (unpaired) electrons. The number of pyridine rings is 1. The molecule has 0 atom stereocenters. The van der Waals surface area contributed by atoms with Crippen LogP contribution < -0.4 is 5.32 Å². The molecule has 2 aliphatic rings. The summed E-state index contributed by atoms with van der Waals surface area (Å²) >= 11 is 2.21. The van der Waals surface area contributed by atoms with Gasteiger partial charge in [-0.15, -0.1) is 0 Å². The standard InChI is InChI=1S/C19H30N4S/c1-2-20-18(22-13-9-17-8-4-7-12-21-17)23-14-15-24-19(16-23)10-5-3-6-11-19/h4,7-8,12H,2-3,5-6,9-11,13-16H2,1H3,(H,20,22). The van der Waals surface area contributed by atoms with Gasteiger partial charge in [0, 0.05) is 55.0 Å². The van der Waals surface area contributed by atoms with E-state index in [2.05, 4.69) is 40.0 Å². The lowest BCUT2D eigenvalue weighted by atomic mass is 9.87. The second-order valence-corrected chi connectivity index (χ2v) is 8.38. The summed E-state index contributed by atoms with van der Waals surface area (Å²) in [6.07, 6.45) is 9.73. The van der Waals surface area contributed by atoms with Gasteiger partial charge in [-0.2, -0.15) is 11.8 Å². The van der Waals surface area contributed by atoms with E-state index in [1.807, 2.05) is 18.3 Å². The second kappa shape index (κ2) is 8.75. The van der Waals surface area contributed by atoms with Gasteiger partial charge in [0.15, 0.2) is 5.96 Å². The van der Waals surface area contributed by atoms with Gasteiger partial charge in [-0.05, 0) is 31.9 Å². The van der Waals surface area contributed by atoms with E-state index in [1.54, 1.807) is 0 Å². The van der Waals surface area contributed by atoms with Crippen LogP contribution in [0, 0.1) is 0 Å². The van der Waals surface area contributed by atoms with Crippen LogP contribution in [0.4, 0.5) is 0 Å². The predicted molar refractivity (Wildman–Crippen MR) is 104 cm³/mol. The van der Waals surface area contributed by atoms with E-state index in [9.17, 15) is 0 Å². The average molecular weight is 347 g/mol. The van der Waals surface area contributed by atoms with Gasteiger partial charge in [-0.25, -0.2) is 0 Å². The molecule has 1 aromatic rings. The van der Waals surface area contributed by atoms with Gasteiger partial charge in [-0.1, -0.05) is 25.3 Å². The van der Waals surface area contributed by atoms with E-state index >= 15 is 0 Å². The molecule has 24 heavy (non-hydrogen) atoms. The van der Waals surface area contributed by atoms with Crippen LogP contribution in [-0.2, 0) is 6.42 Å². The fourth-order valence-electron chi connectivity index (χ4n) is 3.77. The molecule has 2 heterocycles. The first-order valence-corrected chi connectivity index (χ1v) is 10.4. The lowest BCUT2D eigenvalue weighted by Crippen LogP contribution is -2.53. The number of thioether (sulfide) groups is 1. The van der Waals surface area contributed by atoms with Crippen molar-refractivity contribution in [2.45, 2.75) is 50.2 Å². The number of guanidine groups is 1. The van der Waals surface area contributed by atoms with Crippen LogP contribution in [0.1, 0.15) is 44.7 Å². The highest BCUT2D eigenvalue weighted by Gasteiger charge is 2.38.